The summed E-state index contributed by atoms with van der Waals surface area (Å²) in [7, 11) is 0. The minimum atomic E-state index is -0.347. The Morgan fingerprint density at radius 1 is 1.00 bits per heavy atom. The molecule has 1 amide bonds. The fourth-order valence-electron chi connectivity index (χ4n) is 3.58. The molecule has 2 N–H and O–H groups in total. The van der Waals surface area contributed by atoms with Crippen LogP contribution in [0, 0.1) is 12.7 Å². The molecule has 0 bridgehead atoms. The number of rotatable bonds is 7. The van der Waals surface area contributed by atoms with Gasteiger partial charge in [-0.15, -0.1) is 11.3 Å². The molecule has 2 aromatic carbocycles. The number of pyridine rings is 1. The zero-order valence-corrected chi connectivity index (χ0v) is 21.5. The zero-order valence-electron chi connectivity index (χ0n) is 19.9. The van der Waals surface area contributed by atoms with Gasteiger partial charge in [-0.2, -0.15) is 0 Å². The summed E-state index contributed by atoms with van der Waals surface area (Å²) in [5.74, 6) is -0.255. The summed E-state index contributed by atoms with van der Waals surface area (Å²) in [4.78, 5) is 31.5. The van der Waals surface area contributed by atoms with Gasteiger partial charge in [0, 0.05) is 35.5 Å². The minimum Gasteiger partial charge on any atom is -0.324 e. The number of anilines is 3. The lowest BCUT2D eigenvalue weighted by Gasteiger charge is -2.12. The molecule has 0 saturated carbocycles. The van der Waals surface area contributed by atoms with Crippen molar-refractivity contribution in [3.63, 3.8) is 0 Å². The molecule has 0 radical (unpaired) electrons. The maximum Gasteiger partial charge on any atom is 0.275 e. The second-order valence-electron chi connectivity index (χ2n) is 7.98. The lowest BCUT2D eigenvalue weighted by molar-refractivity contribution is 0.102. The van der Waals surface area contributed by atoms with Crippen molar-refractivity contribution in [2.45, 2.75) is 11.3 Å². The number of carbonyl (C=O) groups is 1. The van der Waals surface area contributed by atoms with Crippen molar-refractivity contribution in [3.05, 3.63) is 96.3 Å². The Morgan fingerprint density at radius 3 is 2.59 bits per heavy atom. The molecule has 0 atom stereocenters. The molecule has 0 aliphatic rings. The van der Waals surface area contributed by atoms with E-state index < -0.39 is 0 Å². The van der Waals surface area contributed by atoms with Crippen LogP contribution in [0.1, 0.15) is 16.1 Å². The summed E-state index contributed by atoms with van der Waals surface area (Å²) >= 11 is 2.86. The topological polar surface area (TPSA) is 92.7 Å². The first-order valence-corrected chi connectivity index (χ1v) is 13.3. The number of hydrogen-bond acceptors (Lipinski definition) is 8. The van der Waals surface area contributed by atoms with Gasteiger partial charge in [0.1, 0.15) is 11.5 Å². The normalized spacial score (nSPS) is 10.8. The highest BCUT2D eigenvalue weighted by molar-refractivity contribution is 8.00. The number of nitrogens with zero attached hydrogens (tertiary/aromatic N) is 4. The van der Waals surface area contributed by atoms with E-state index in [0.717, 1.165) is 32.4 Å². The fraction of sp³-hybridized carbons (Fsp3) is 0.0741. The molecule has 5 rings (SSSR count). The van der Waals surface area contributed by atoms with Crippen LogP contribution in [0.5, 0.6) is 0 Å². The van der Waals surface area contributed by atoms with E-state index in [-0.39, 0.29) is 11.7 Å². The average molecular weight is 529 g/mol. The molecule has 37 heavy (non-hydrogen) atoms. The third-order valence-electron chi connectivity index (χ3n) is 5.46. The van der Waals surface area contributed by atoms with Crippen LogP contribution in [-0.2, 0) is 0 Å². The molecule has 10 heteroatoms. The van der Waals surface area contributed by atoms with Crippen LogP contribution < -0.4 is 10.6 Å². The zero-order chi connectivity index (χ0) is 25.8. The first-order valence-electron chi connectivity index (χ1n) is 11.2. The van der Waals surface area contributed by atoms with Crippen molar-refractivity contribution in [3.8, 4) is 21.7 Å². The predicted octanol–water partition coefficient (Wildman–Crippen LogP) is 6.83. The van der Waals surface area contributed by atoms with Crippen molar-refractivity contribution in [1.29, 1.82) is 0 Å². The van der Waals surface area contributed by atoms with Crippen molar-refractivity contribution >= 4 is 46.3 Å². The number of aryl methyl sites for hydroxylation is 1. The first kappa shape index (κ1) is 24.5. The molecular weight excluding hydrogens is 507 g/mol. The van der Waals surface area contributed by atoms with E-state index in [1.54, 1.807) is 30.7 Å². The Labute approximate surface area is 221 Å². The van der Waals surface area contributed by atoms with Gasteiger partial charge >= 0.3 is 0 Å². The number of carbonyl (C=O) groups excluding carboxylic acids is 1. The number of hydrogen-bond donors (Lipinski definition) is 2. The third-order valence-corrected chi connectivity index (χ3v) is 7.55. The fourth-order valence-corrected chi connectivity index (χ4v) is 5.14. The second-order valence-corrected chi connectivity index (χ2v) is 10.0. The molecule has 0 aliphatic heterocycles. The SMILES string of the molecule is CSc1nc(C(=O)Nc2ccc(C)c(Nc3nccc(-c4cccnc4)n3)c2)c(-c2ccc(F)cc2)s1. The monoisotopic (exact) mass is 528 g/mol. The van der Waals surface area contributed by atoms with E-state index in [0.29, 0.717) is 22.2 Å². The largest absolute Gasteiger partial charge is 0.324 e. The van der Waals surface area contributed by atoms with Crippen LogP contribution in [-0.4, -0.2) is 32.1 Å². The molecule has 0 saturated heterocycles. The first-order chi connectivity index (χ1) is 18.0. The number of nitrogens with one attached hydrogen (secondary N) is 2. The summed E-state index contributed by atoms with van der Waals surface area (Å²) in [6.45, 7) is 1.96. The van der Waals surface area contributed by atoms with Crippen LogP contribution in [0.2, 0.25) is 0 Å². The van der Waals surface area contributed by atoms with Crippen LogP contribution >= 0.6 is 23.1 Å². The van der Waals surface area contributed by atoms with Gasteiger partial charge in [0.05, 0.1) is 10.6 Å². The van der Waals surface area contributed by atoms with Gasteiger partial charge in [-0.3, -0.25) is 9.78 Å². The van der Waals surface area contributed by atoms with E-state index in [9.17, 15) is 9.18 Å². The van der Waals surface area contributed by atoms with E-state index in [2.05, 4.69) is 30.6 Å². The van der Waals surface area contributed by atoms with Crippen LogP contribution in [0.3, 0.4) is 0 Å². The van der Waals surface area contributed by atoms with Gasteiger partial charge in [-0.05, 0) is 66.8 Å². The summed E-state index contributed by atoms with van der Waals surface area (Å²) in [6.07, 6.45) is 7.04. The van der Waals surface area contributed by atoms with Gasteiger partial charge < -0.3 is 10.6 Å². The molecular formula is C27H21FN6OS2. The van der Waals surface area contributed by atoms with Gasteiger partial charge in [0.25, 0.3) is 5.91 Å². The summed E-state index contributed by atoms with van der Waals surface area (Å²) in [5.41, 5.74) is 4.96. The number of amides is 1. The number of benzene rings is 2. The van der Waals surface area contributed by atoms with Gasteiger partial charge in [-0.25, -0.2) is 19.3 Å². The second kappa shape index (κ2) is 10.9. The van der Waals surface area contributed by atoms with Crippen molar-refractivity contribution < 1.29 is 9.18 Å². The number of thiazole rings is 1. The predicted molar refractivity (Wildman–Crippen MR) is 147 cm³/mol. The molecule has 3 aromatic heterocycles. The van der Waals surface area contributed by atoms with E-state index in [1.807, 2.05) is 49.6 Å². The molecule has 5 aromatic rings. The smallest absolute Gasteiger partial charge is 0.275 e. The van der Waals surface area contributed by atoms with Crippen LogP contribution in [0.15, 0.2) is 83.6 Å². The summed E-state index contributed by atoms with van der Waals surface area (Å²) in [5, 5.41) is 6.19. The maximum absolute atomic E-state index is 13.4. The molecule has 0 fully saturated rings. The molecule has 184 valence electrons. The summed E-state index contributed by atoms with van der Waals surface area (Å²) in [6, 6.07) is 17.2. The van der Waals surface area contributed by atoms with Crippen molar-refractivity contribution in [2.24, 2.45) is 0 Å². The Morgan fingerprint density at radius 2 is 1.84 bits per heavy atom. The van der Waals surface area contributed by atoms with Crippen molar-refractivity contribution in [2.75, 3.05) is 16.9 Å². The van der Waals surface area contributed by atoms with E-state index >= 15 is 0 Å². The lowest BCUT2D eigenvalue weighted by Crippen LogP contribution is -2.13. The van der Waals surface area contributed by atoms with Crippen LogP contribution in [0.25, 0.3) is 21.7 Å². The Bertz CT molecular complexity index is 1560. The Hall–Kier alpha value is -4.15. The van der Waals surface area contributed by atoms with E-state index in [4.69, 9.17) is 0 Å². The van der Waals surface area contributed by atoms with Crippen molar-refractivity contribution in [1.82, 2.24) is 19.9 Å². The van der Waals surface area contributed by atoms with Crippen LogP contribution in [0.4, 0.5) is 21.7 Å². The Balaban J connectivity index is 1.39. The highest BCUT2D eigenvalue weighted by atomic mass is 32.2. The molecule has 0 unspecified atom stereocenters. The molecule has 0 aliphatic carbocycles. The average Bonchev–Trinajstić information content (AvgIpc) is 3.37. The Kier molecular flexibility index (Phi) is 7.20. The van der Waals surface area contributed by atoms with E-state index in [1.165, 1.54) is 35.2 Å². The van der Waals surface area contributed by atoms with Gasteiger partial charge in [0.15, 0.2) is 4.34 Å². The minimum absolute atomic E-state index is 0.295. The lowest BCUT2D eigenvalue weighted by atomic mass is 10.1. The highest BCUT2D eigenvalue weighted by Crippen LogP contribution is 2.35. The molecule has 7 nitrogen and oxygen atoms in total. The summed E-state index contributed by atoms with van der Waals surface area (Å²) < 4.78 is 14.2. The number of aromatic nitrogens is 4. The highest BCUT2D eigenvalue weighted by Gasteiger charge is 2.20. The molecule has 0 spiro atoms. The number of thioether (sulfide) groups is 1. The number of halogens is 1. The maximum atomic E-state index is 13.4. The van der Waals surface area contributed by atoms with Gasteiger partial charge in [-0.1, -0.05) is 30.0 Å². The standard InChI is InChI=1S/C27H21FN6OS2/c1-16-5-10-20(14-22(16)33-26-30-13-11-21(32-26)18-4-3-12-29-15-18)31-25(35)23-24(37-27(34-23)36-2)17-6-8-19(28)9-7-17/h3-15H,1-2H3,(H,31,35)(H,30,32,33). The van der Waals surface area contributed by atoms with Gasteiger partial charge in [0.2, 0.25) is 5.95 Å². The quantitative estimate of drug-likeness (QED) is 0.224. The third kappa shape index (κ3) is 5.65. The molecule has 3 heterocycles.